The molecule has 1 unspecified atom stereocenters. The third kappa shape index (κ3) is 7.68. The summed E-state index contributed by atoms with van der Waals surface area (Å²) in [7, 11) is 1.44. The highest BCUT2D eigenvalue weighted by atomic mass is 31.1. The molecule has 2 nitrogen and oxygen atoms in total. The van der Waals surface area contributed by atoms with Crippen molar-refractivity contribution in [1.82, 2.24) is 0 Å². The van der Waals surface area contributed by atoms with Gasteiger partial charge < -0.3 is 9.26 Å². The Morgan fingerprint density at radius 1 is 1.22 bits per heavy atom. The lowest BCUT2D eigenvalue weighted by Crippen LogP contribution is -1.94. The van der Waals surface area contributed by atoms with Gasteiger partial charge in [0.2, 0.25) is 0 Å². The van der Waals surface area contributed by atoms with Crippen molar-refractivity contribution in [3.8, 4) is 5.75 Å². The minimum absolute atomic E-state index is 0.259. The molecule has 0 saturated heterocycles. The average molecular weight is 268 g/mol. The molecule has 3 heteroatoms. The van der Waals surface area contributed by atoms with Gasteiger partial charge in [-0.1, -0.05) is 31.4 Å². The molecule has 0 amide bonds. The van der Waals surface area contributed by atoms with E-state index < -0.39 is 0 Å². The molecule has 0 aliphatic heterocycles. The first-order chi connectivity index (χ1) is 8.76. The summed E-state index contributed by atoms with van der Waals surface area (Å²) in [6, 6.07) is 8.24. The molecule has 18 heavy (non-hydrogen) atoms. The van der Waals surface area contributed by atoms with E-state index in [0.717, 1.165) is 24.9 Å². The van der Waals surface area contributed by atoms with Gasteiger partial charge in [0.1, 0.15) is 5.75 Å². The first kappa shape index (κ1) is 15.5. The summed E-state index contributed by atoms with van der Waals surface area (Å²) in [5, 5.41) is 0. The largest absolute Gasteiger partial charge is 0.497 e. The molecule has 1 fully saturated rings. The zero-order valence-electron chi connectivity index (χ0n) is 11.8. The topological polar surface area (TPSA) is 18.5 Å². The van der Waals surface area contributed by atoms with E-state index >= 15 is 0 Å². The van der Waals surface area contributed by atoms with Crippen LogP contribution in [0.2, 0.25) is 0 Å². The van der Waals surface area contributed by atoms with Gasteiger partial charge >= 0.3 is 0 Å². The minimum atomic E-state index is -0.259. The van der Waals surface area contributed by atoms with Crippen molar-refractivity contribution >= 4 is 8.15 Å². The van der Waals surface area contributed by atoms with E-state index in [2.05, 4.69) is 18.8 Å². The molecular weight excluding hydrogens is 243 g/mol. The average Bonchev–Trinajstić information content (AvgIpc) is 3.25. The Kier molecular flexibility index (Phi) is 8.04. The van der Waals surface area contributed by atoms with Crippen LogP contribution in [0.4, 0.5) is 0 Å². The van der Waals surface area contributed by atoms with Crippen LogP contribution in [0.25, 0.3) is 0 Å². The summed E-state index contributed by atoms with van der Waals surface area (Å²) in [6.45, 7) is 5.05. The molecule has 2 rings (SSSR count). The Morgan fingerprint density at radius 3 is 2.50 bits per heavy atom. The molecule has 0 aromatic heterocycles. The molecular formula is C15H25O2P. The molecule has 0 bridgehead atoms. The Balaban J connectivity index is 0.000000468. The summed E-state index contributed by atoms with van der Waals surface area (Å²) in [5.41, 5.74) is 1.32. The van der Waals surface area contributed by atoms with E-state index in [0.29, 0.717) is 0 Å². The Morgan fingerprint density at radius 2 is 1.94 bits per heavy atom. The van der Waals surface area contributed by atoms with Crippen LogP contribution in [-0.2, 0) is 10.9 Å². The van der Waals surface area contributed by atoms with Crippen molar-refractivity contribution < 1.29 is 9.26 Å². The zero-order valence-corrected chi connectivity index (χ0v) is 12.7. The maximum atomic E-state index is 5.55. The van der Waals surface area contributed by atoms with Gasteiger partial charge in [0.25, 0.3) is 0 Å². The summed E-state index contributed by atoms with van der Waals surface area (Å²) < 4.78 is 10.7. The van der Waals surface area contributed by atoms with Crippen molar-refractivity contribution in [3.63, 3.8) is 0 Å². The molecule has 0 heterocycles. The smallest absolute Gasteiger partial charge is 0.119 e. The fourth-order valence-electron chi connectivity index (χ4n) is 1.40. The maximum absolute atomic E-state index is 5.55. The number of hydrogen-bond donors (Lipinski definition) is 0. The molecule has 1 aliphatic rings. The van der Waals surface area contributed by atoms with E-state index in [1.54, 1.807) is 7.11 Å². The molecule has 102 valence electrons. The molecule has 0 spiro atoms. The standard InChI is InChI=1S/C12H19O2P.C3H6/c1-4-14-15(3)9-8-11-6-5-7-12(10-11)13-2;1-2-3-1/h5-7,10H,4,8-9H2,1-3H3;1-3H2. The van der Waals surface area contributed by atoms with Crippen LogP contribution < -0.4 is 4.74 Å². The van der Waals surface area contributed by atoms with Crippen LogP contribution >= 0.6 is 8.15 Å². The van der Waals surface area contributed by atoms with E-state index in [9.17, 15) is 0 Å². The molecule has 0 N–H and O–H groups in total. The van der Waals surface area contributed by atoms with Gasteiger partial charge in [-0.25, -0.2) is 0 Å². The van der Waals surface area contributed by atoms with Gasteiger partial charge in [0.15, 0.2) is 0 Å². The third-order valence-corrected chi connectivity index (χ3v) is 4.10. The van der Waals surface area contributed by atoms with Crippen LogP contribution in [-0.4, -0.2) is 26.5 Å². The van der Waals surface area contributed by atoms with Crippen LogP contribution in [0.3, 0.4) is 0 Å². The molecule has 1 saturated carbocycles. The highest BCUT2D eigenvalue weighted by Gasteiger charge is 2.02. The molecule has 1 atom stereocenters. The van der Waals surface area contributed by atoms with E-state index in [1.165, 1.54) is 24.8 Å². The summed E-state index contributed by atoms with van der Waals surface area (Å²) in [5.74, 6) is 0.935. The maximum Gasteiger partial charge on any atom is 0.119 e. The van der Waals surface area contributed by atoms with Crippen molar-refractivity contribution in [3.05, 3.63) is 29.8 Å². The highest BCUT2D eigenvalue weighted by molar-refractivity contribution is 7.51. The van der Waals surface area contributed by atoms with E-state index in [4.69, 9.17) is 9.26 Å². The fourth-order valence-corrected chi connectivity index (χ4v) is 2.54. The number of methoxy groups -OCH3 is 1. The van der Waals surface area contributed by atoms with Gasteiger partial charge in [0, 0.05) is 14.8 Å². The summed E-state index contributed by atoms with van der Waals surface area (Å²) in [6.07, 6.45) is 6.69. The second kappa shape index (κ2) is 9.35. The molecule has 1 aromatic rings. The molecule has 1 aromatic carbocycles. The predicted octanol–water partition coefficient (Wildman–Crippen LogP) is 4.47. The lowest BCUT2D eigenvalue weighted by Gasteiger charge is -2.11. The highest BCUT2D eigenvalue weighted by Crippen LogP contribution is 2.32. The van der Waals surface area contributed by atoms with Gasteiger partial charge in [-0.2, -0.15) is 0 Å². The lowest BCUT2D eigenvalue weighted by atomic mass is 10.2. The first-order valence-corrected chi connectivity index (χ1v) is 8.62. The number of ether oxygens (including phenoxy) is 1. The summed E-state index contributed by atoms with van der Waals surface area (Å²) >= 11 is 0. The predicted molar refractivity (Wildman–Crippen MR) is 79.9 cm³/mol. The lowest BCUT2D eigenvalue weighted by molar-refractivity contribution is 0.380. The quantitative estimate of drug-likeness (QED) is 0.709. The van der Waals surface area contributed by atoms with Crippen LogP contribution in [0.5, 0.6) is 5.75 Å². The first-order valence-electron chi connectivity index (χ1n) is 6.73. The zero-order chi connectivity index (χ0) is 13.2. The number of rotatable bonds is 6. The van der Waals surface area contributed by atoms with Crippen molar-refractivity contribution in [2.45, 2.75) is 32.6 Å². The molecule has 0 radical (unpaired) electrons. The number of aryl methyl sites for hydroxylation is 1. The number of benzene rings is 1. The third-order valence-electron chi connectivity index (χ3n) is 2.55. The number of hydrogen-bond acceptors (Lipinski definition) is 2. The van der Waals surface area contributed by atoms with Gasteiger partial charge in [-0.05, 0) is 43.9 Å². The van der Waals surface area contributed by atoms with E-state index in [-0.39, 0.29) is 8.15 Å². The second-order valence-electron chi connectivity index (χ2n) is 4.43. The Labute approximate surface area is 113 Å². The van der Waals surface area contributed by atoms with Crippen LogP contribution in [0, 0.1) is 0 Å². The van der Waals surface area contributed by atoms with Crippen LogP contribution in [0.1, 0.15) is 31.7 Å². The second-order valence-corrected chi connectivity index (χ2v) is 6.39. The minimum Gasteiger partial charge on any atom is -0.497 e. The normalized spacial score (nSPS) is 14.4. The van der Waals surface area contributed by atoms with Crippen molar-refractivity contribution in [2.75, 3.05) is 26.5 Å². The SMILES string of the molecule is C1CC1.CCOP(C)CCc1cccc(OC)c1. The van der Waals surface area contributed by atoms with E-state index in [1.807, 2.05) is 19.1 Å². The molecule has 1 aliphatic carbocycles. The Hall–Kier alpha value is -0.590. The van der Waals surface area contributed by atoms with Gasteiger partial charge in [-0.3, -0.25) is 0 Å². The van der Waals surface area contributed by atoms with Crippen molar-refractivity contribution in [2.24, 2.45) is 0 Å². The Bertz CT molecular complexity index is 323. The monoisotopic (exact) mass is 268 g/mol. The van der Waals surface area contributed by atoms with Gasteiger partial charge in [0.05, 0.1) is 7.11 Å². The van der Waals surface area contributed by atoms with Crippen LogP contribution in [0.15, 0.2) is 24.3 Å². The van der Waals surface area contributed by atoms with Crippen molar-refractivity contribution in [1.29, 1.82) is 0 Å². The fraction of sp³-hybridized carbons (Fsp3) is 0.600. The van der Waals surface area contributed by atoms with Gasteiger partial charge in [-0.15, -0.1) is 0 Å². The summed E-state index contributed by atoms with van der Waals surface area (Å²) in [4.78, 5) is 0.